The predicted molar refractivity (Wildman–Crippen MR) is 78.9 cm³/mol. The van der Waals surface area contributed by atoms with Gasteiger partial charge in [0.2, 0.25) is 0 Å². The zero-order valence-corrected chi connectivity index (χ0v) is 12.6. The Bertz CT molecular complexity index is 431. The van der Waals surface area contributed by atoms with Crippen LogP contribution in [0.15, 0.2) is 18.7 Å². The molecular formula is C14H24N4O3. The van der Waals surface area contributed by atoms with Gasteiger partial charge in [-0.1, -0.05) is 13.8 Å². The molecule has 118 valence electrons. The maximum atomic E-state index is 11.6. The second kappa shape index (κ2) is 8.99. The molecule has 2 amide bonds. The van der Waals surface area contributed by atoms with E-state index in [-0.39, 0.29) is 5.92 Å². The first kappa shape index (κ1) is 17.0. The summed E-state index contributed by atoms with van der Waals surface area (Å²) in [7, 11) is 0. The van der Waals surface area contributed by atoms with Crippen molar-refractivity contribution in [1.82, 2.24) is 20.2 Å². The Labute approximate surface area is 124 Å². The molecule has 0 saturated heterocycles. The first-order valence-corrected chi connectivity index (χ1v) is 7.22. The van der Waals surface area contributed by atoms with E-state index in [2.05, 4.69) is 15.6 Å². The van der Waals surface area contributed by atoms with Crippen LogP contribution < -0.4 is 10.6 Å². The number of carbonyl (C=O) groups is 2. The number of imidazole rings is 1. The summed E-state index contributed by atoms with van der Waals surface area (Å²) in [6.45, 7) is 5.22. The average molecular weight is 296 g/mol. The van der Waals surface area contributed by atoms with E-state index in [1.165, 1.54) is 0 Å². The number of aryl methyl sites for hydroxylation is 1. The third-order valence-corrected chi connectivity index (χ3v) is 3.00. The monoisotopic (exact) mass is 296 g/mol. The SMILES string of the molecule is CC(C)CC(NC(=O)NCCCCn1ccnc1)C(=O)O. The summed E-state index contributed by atoms with van der Waals surface area (Å²) in [5.41, 5.74) is 0. The number of nitrogens with zero attached hydrogens (tertiary/aromatic N) is 2. The molecular weight excluding hydrogens is 272 g/mol. The number of aliphatic carboxylic acids is 1. The van der Waals surface area contributed by atoms with E-state index >= 15 is 0 Å². The second-order valence-electron chi connectivity index (χ2n) is 5.43. The zero-order chi connectivity index (χ0) is 15.7. The molecule has 7 nitrogen and oxygen atoms in total. The number of urea groups is 1. The van der Waals surface area contributed by atoms with Gasteiger partial charge in [0.1, 0.15) is 6.04 Å². The Balaban J connectivity index is 2.15. The molecule has 0 aliphatic heterocycles. The third kappa shape index (κ3) is 7.34. The van der Waals surface area contributed by atoms with Crippen molar-refractivity contribution in [3.05, 3.63) is 18.7 Å². The maximum Gasteiger partial charge on any atom is 0.326 e. The predicted octanol–water partition coefficient (Wildman–Crippen LogP) is 1.46. The summed E-state index contributed by atoms with van der Waals surface area (Å²) in [5.74, 6) is -0.791. The standard InChI is InChI=1S/C14H24N4O3/c1-11(2)9-12(13(19)20)17-14(21)16-5-3-4-7-18-8-6-15-10-18/h6,8,10-12H,3-5,7,9H2,1-2H3,(H,19,20)(H2,16,17,21). The highest BCUT2D eigenvalue weighted by molar-refractivity contribution is 5.82. The molecule has 1 aromatic heterocycles. The molecule has 1 heterocycles. The summed E-state index contributed by atoms with van der Waals surface area (Å²) in [4.78, 5) is 26.6. The van der Waals surface area contributed by atoms with Crippen LogP contribution in [0, 0.1) is 5.92 Å². The molecule has 1 rings (SSSR count). The Hall–Kier alpha value is -2.05. The van der Waals surface area contributed by atoms with Gasteiger partial charge in [0.25, 0.3) is 0 Å². The lowest BCUT2D eigenvalue weighted by molar-refractivity contribution is -0.139. The third-order valence-electron chi connectivity index (χ3n) is 3.00. The van der Waals surface area contributed by atoms with Crippen LogP contribution in [0.2, 0.25) is 0 Å². The number of hydrogen-bond acceptors (Lipinski definition) is 3. The number of hydrogen-bond donors (Lipinski definition) is 3. The van der Waals surface area contributed by atoms with Gasteiger partial charge in [-0.25, -0.2) is 14.6 Å². The summed E-state index contributed by atoms with van der Waals surface area (Å²) >= 11 is 0. The lowest BCUT2D eigenvalue weighted by Gasteiger charge is -2.16. The Kier molecular flexibility index (Phi) is 7.28. The fourth-order valence-corrected chi connectivity index (χ4v) is 1.94. The number of aromatic nitrogens is 2. The lowest BCUT2D eigenvalue weighted by Crippen LogP contribution is -2.46. The van der Waals surface area contributed by atoms with Crippen molar-refractivity contribution in [2.75, 3.05) is 6.54 Å². The molecule has 1 aromatic rings. The summed E-state index contributed by atoms with van der Waals surface area (Å²) in [6, 6.07) is -1.26. The second-order valence-corrected chi connectivity index (χ2v) is 5.43. The van der Waals surface area contributed by atoms with Crippen LogP contribution in [0.1, 0.15) is 33.1 Å². The van der Waals surface area contributed by atoms with E-state index in [1.807, 2.05) is 24.6 Å². The molecule has 0 aliphatic carbocycles. The quantitative estimate of drug-likeness (QED) is 0.601. The Morgan fingerprint density at radius 3 is 2.67 bits per heavy atom. The van der Waals surface area contributed by atoms with Crippen LogP contribution in [0.4, 0.5) is 4.79 Å². The van der Waals surface area contributed by atoms with Gasteiger partial charge >= 0.3 is 12.0 Å². The van der Waals surface area contributed by atoms with E-state index in [1.54, 1.807) is 12.5 Å². The molecule has 1 atom stereocenters. The van der Waals surface area contributed by atoms with Crippen molar-refractivity contribution in [1.29, 1.82) is 0 Å². The van der Waals surface area contributed by atoms with Crippen molar-refractivity contribution in [2.24, 2.45) is 5.92 Å². The largest absolute Gasteiger partial charge is 0.480 e. The van der Waals surface area contributed by atoms with Gasteiger partial charge in [0.15, 0.2) is 0 Å². The van der Waals surface area contributed by atoms with Crippen molar-refractivity contribution in [3.63, 3.8) is 0 Å². The topological polar surface area (TPSA) is 96.3 Å². The molecule has 0 saturated carbocycles. The highest BCUT2D eigenvalue weighted by Gasteiger charge is 2.20. The highest BCUT2D eigenvalue weighted by Crippen LogP contribution is 2.04. The molecule has 1 unspecified atom stereocenters. The van der Waals surface area contributed by atoms with Gasteiger partial charge < -0.3 is 20.3 Å². The van der Waals surface area contributed by atoms with Gasteiger partial charge in [-0.3, -0.25) is 0 Å². The summed E-state index contributed by atoms with van der Waals surface area (Å²) in [6.07, 6.45) is 7.54. The van der Waals surface area contributed by atoms with Gasteiger partial charge in [-0.15, -0.1) is 0 Å². The van der Waals surface area contributed by atoms with E-state index < -0.39 is 18.0 Å². The number of carboxylic acids is 1. The van der Waals surface area contributed by atoms with Crippen molar-refractivity contribution >= 4 is 12.0 Å². The fourth-order valence-electron chi connectivity index (χ4n) is 1.94. The molecule has 0 bridgehead atoms. The molecule has 0 aliphatic rings. The van der Waals surface area contributed by atoms with Crippen molar-refractivity contribution in [3.8, 4) is 0 Å². The minimum absolute atomic E-state index is 0.210. The maximum absolute atomic E-state index is 11.6. The smallest absolute Gasteiger partial charge is 0.326 e. The van der Waals surface area contributed by atoms with E-state index in [9.17, 15) is 9.59 Å². The lowest BCUT2D eigenvalue weighted by atomic mass is 10.0. The molecule has 0 spiro atoms. The molecule has 7 heteroatoms. The van der Waals surface area contributed by atoms with Crippen LogP contribution in [0.25, 0.3) is 0 Å². The molecule has 0 fully saturated rings. The normalized spacial score (nSPS) is 12.1. The fraction of sp³-hybridized carbons (Fsp3) is 0.643. The van der Waals surface area contributed by atoms with Gasteiger partial charge in [-0.2, -0.15) is 0 Å². The number of amides is 2. The average Bonchev–Trinajstić information content (AvgIpc) is 2.90. The first-order chi connectivity index (χ1) is 9.99. The van der Waals surface area contributed by atoms with Crippen LogP contribution >= 0.6 is 0 Å². The Morgan fingerprint density at radius 2 is 2.10 bits per heavy atom. The summed E-state index contributed by atoms with van der Waals surface area (Å²) < 4.78 is 1.98. The molecule has 3 N–H and O–H groups in total. The van der Waals surface area contributed by atoms with Crippen LogP contribution in [-0.2, 0) is 11.3 Å². The summed E-state index contributed by atoms with van der Waals surface area (Å²) in [5, 5.41) is 14.2. The van der Waals surface area contributed by atoms with Gasteiger partial charge in [0.05, 0.1) is 6.33 Å². The van der Waals surface area contributed by atoms with E-state index in [4.69, 9.17) is 5.11 Å². The van der Waals surface area contributed by atoms with Crippen LogP contribution in [0.5, 0.6) is 0 Å². The number of carboxylic acid groups (broad SMARTS) is 1. The minimum atomic E-state index is -1.00. The van der Waals surface area contributed by atoms with Gasteiger partial charge in [-0.05, 0) is 25.2 Å². The number of carbonyl (C=O) groups excluding carboxylic acids is 1. The van der Waals surface area contributed by atoms with Crippen LogP contribution in [-0.4, -0.2) is 39.2 Å². The minimum Gasteiger partial charge on any atom is -0.480 e. The number of unbranched alkanes of at least 4 members (excludes halogenated alkanes) is 1. The Morgan fingerprint density at radius 1 is 1.33 bits per heavy atom. The van der Waals surface area contributed by atoms with Crippen molar-refractivity contribution in [2.45, 2.75) is 45.7 Å². The van der Waals surface area contributed by atoms with E-state index in [0.717, 1.165) is 19.4 Å². The molecule has 0 aromatic carbocycles. The van der Waals surface area contributed by atoms with Gasteiger partial charge in [0, 0.05) is 25.5 Å². The number of nitrogens with one attached hydrogen (secondary N) is 2. The number of rotatable bonds is 9. The molecule has 0 radical (unpaired) electrons. The van der Waals surface area contributed by atoms with Crippen molar-refractivity contribution < 1.29 is 14.7 Å². The zero-order valence-electron chi connectivity index (χ0n) is 12.6. The van der Waals surface area contributed by atoms with E-state index in [0.29, 0.717) is 13.0 Å². The highest BCUT2D eigenvalue weighted by atomic mass is 16.4. The first-order valence-electron chi connectivity index (χ1n) is 7.22. The van der Waals surface area contributed by atoms with Crippen LogP contribution in [0.3, 0.4) is 0 Å². The molecule has 21 heavy (non-hydrogen) atoms.